The molecule has 0 radical (unpaired) electrons. The predicted octanol–water partition coefficient (Wildman–Crippen LogP) is 2.45. The van der Waals surface area contributed by atoms with Crippen LogP contribution in [-0.4, -0.2) is 48.6 Å². The van der Waals surface area contributed by atoms with Crippen LogP contribution in [0, 0.1) is 11.8 Å². The van der Waals surface area contributed by atoms with Gasteiger partial charge in [0.2, 0.25) is 0 Å². The van der Waals surface area contributed by atoms with Gasteiger partial charge >= 0.3 is 0 Å². The van der Waals surface area contributed by atoms with Gasteiger partial charge in [0.15, 0.2) is 0 Å². The van der Waals surface area contributed by atoms with Crippen molar-refractivity contribution in [3.8, 4) is 0 Å². The summed E-state index contributed by atoms with van der Waals surface area (Å²) in [6.45, 7) is 13.7. The van der Waals surface area contributed by atoms with Crippen LogP contribution in [-0.2, 0) is 0 Å². The zero-order chi connectivity index (χ0) is 11.5. The van der Waals surface area contributed by atoms with Gasteiger partial charge in [0, 0.05) is 19.1 Å². The van der Waals surface area contributed by atoms with Crippen LogP contribution in [0.2, 0.25) is 0 Å². The fraction of sp³-hybridized carbons (Fsp3) is 1.00. The third kappa shape index (κ3) is 2.98. The predicted molar refractivity (Wildman–Crippen MR) is 69.7 cm³/mol. The smallest absolute Gasteiger partial charge is 0.0120 e. The van der Waals surface area contributed by atoms with E-state index in [9.17, 15) is 0 Å². The van der Waals surface area contributed by atoms with Crippen molar-refractivity contribution >= 4 is 0 Å². The maximum atomic E-state index is 2.78. The van der Waals surface area contributed by atoms with Crippen molar-refractivity contribution < 1.29 is 0 Å². The van der Waals surface area contributed by atoms with Crippen molar-refractivity contribution in [2.75, 3.05) is 32.7 Å². The molecule has 2 nitrogen and oxygen atoms in total. The first-order valence-electron chi connectivity index (χ1n) is 7.15. The highest BCUT2D eigenvalue weighted by atomic mass is 15.2. The highest BCUT2D eigenvalue weighted by molar-refractivity contribution is 4.84. The first kappa shape index (κ1) is 12.4. The molecule has 0 saturated carbocycles. The van der Waals surface area contributed by atoms with Gasteiger partial charge in [0.25, 0.3) is 0 Å². The second-order valence-electron chi connectivity index (χ2n) is 6.07. The normalized spacial score (nSPS) is 35.4. The lowest BCUT2D eigenvalue weighted by Crippen LogP contribution is -2.49. The molecular weight excluding hydrogens is 196 g/mol. The second kappa shape index (κ2) is 5.50. The Kier molecular flexibility index (Phi) is 4.26. The van der Waals surface area contributed by atoms with E-state index in [4.69, 9.17) is 0 Å². The van der Waals surface area contributed by atoms with Gasteiger partial charge in [-0.3, -0.25) is 4.90 Å². The van der Waals surface area contributed by atoms with Crippen molar-refractivity contribution in [1.82, 2.24) is 9.80 Å². The number of hydrogen-bond acceptors (Lipinski definition) is 2. The van der Waals surface area contributed by atoms with Crippen molar-refractivity contribution in [2.45, 2.75) is 46.1 Å². The summed E-state index contributed by atoms with van der Waals surface area (Å²) in [5.74, 6) is 1.82. The standard InChI is InChI=1S/C14H28N2/c1-4-15-7-5-14(6-8-15)16-10-12(2)9-13(3)11-16/h12-14H,4-11H2,1-3H3/t12-,13+. The van der Waals surface area contributed by atoms with E-state index >= 15 is 0 Å². The van der Waals surface area contributed by atoms with Crippen molar-refractivity contribution in [3.63, 3.8) is 0 Å². The van der Waals surface area contributed by atoms with Crippen LogP contribution in [0.3, 0.4) is 0 Å². The van der Waals surface area contributed by atoms with Gasteiger partial charge in [0.05, 0.1) is 0 Å². The Balaban J connectivity index is 1.83. The summed E-state index contributed by atoms with van der Waals surface area (Å²) < 4.78 is 0. The molecule has 2 aliphatic heterocycles. The van der Waals surface area contributed by atoms with Crippen LogP contribution < -0.4 is 0 Å². The molecule has 0 N–H and O–H groups in total. The van der Waals surface area contributed by atoms with Gasteiger partial charge in [-0.25, -0.2) is 0 Å². The Morgan fingerprint density at radius 1 is 1.00 bits per heavy atom. The van der Waals surface area contributed by atoms with Gasteiger partial charge in [-0.1, -0.05) is 20.8 Å². The quantitative estimate of drug-likeness (QED) is 0.711. The molecule has 0 amide bonds. The Morgan fingerprint density at radius 3 is 2.06 bits per heavy atom. The zero-order valence-corrected chi connectivity index (χ0v) is 11.3. The SMILES string of the molecule is CCN1CCC(N2C[C@H](C)C[C@H](C)C2)CC1. The van der Waals surface area contributed by atoms with E-state index in [1.165, 1.54) is 52.0 Å². The minimum atomic E-state index is 0.882. The third-order valence-corrected chi connectivity index (χ3v) is 4.42. The molecule has 0 unspecified atom stereocenters. The van der Waals surface area contributed by atoms with Gasteiger partial charge in [-0.15, -0.1) is 0 Å². The molecule has 0 spiro atoms. The second-order valence-corrected chi connectivity index (χ2v) is 6.07. The maximum absolute atomic E-state index is 2.78. The average Bonchev–Trinajstić information content (AvgIpc) is 2.28. The van der Waals surface area contributed by atoms with Crippen LogP contribution >= 0.6 is 0 Å². The van der Waals surface area contributed by atoms with E-state index in [1.807, 2.05) is 0 Å². The van der Waals surface area contributed by atoms with E-state index in [1.54, 1.807) is 0 Å². The molecule has 0 aromatic carbocycles. The molecule has 2 heteroatoms. The lowest BCUT2D eigenvalue weighted by Gasteiger charge is -2.43. The number of likely N-dealkylation sites (tertiary alicyclic amines) is 2. The van der Waals surface area contributed by atoms with Gasteiger partial charge in [-0.05, 0) is 50.7 Å². The van der Waals surface area contributed by atoms with Crippen LogP contribution in [0.1, 0.15) is 40.0 Å². The fourth-order valence-corrected chi connectivity index (χ4v) is 3.61. The maximum Gasteiger partial charge on any atom is 0.0120 e. The monoisotopic (exact) mass is 224 g/mol. The lowest BCUT2D eigenvalue weighted by molar-refractivity contribution is 0.0560. The van der Waals surface area contributed by atoms with E-state index < -0.39 is 0 Å². The summed E-state index contributed by atoms with van der Waals surface area (Å²) in [4.78, 5) is 5.37. The molecule has 2 saturated heterocycles. The van der Waals surface area contributed by atoms with E-state index in [0.29, 0.717) is 0 Å². The lowest BCUT2D eigenvalue weighted by atomic mass is 9.89. The van der Waals surface area contributed by atoms with Crippen LogP contribution in [0.25, 0.3) is 0 Å². The van der Waals surface area contributed by atoms with Crippen molar-refractivity contribution in [1.29, 1.82) is 0 Å². The molecule has 0 bridgehead atoms. The molecule has 2 rings (SSSR count). The van der Waals surface area contributed by atoms with Gasteiger partial charge in [-0.2, -0.15) is 0 Å². The van der Waals surface area contributed by atoms with E-state index in [2.05, 4.69) is 30.6 Å². The molecule has 2 aliphatic rings. The fourth-order valence-electron chi connectivity index (χ4n) is 3.61. The molecule has 0 aromatic heterocycles. The molecular formula is C14H28N2. The van der Waals surface area contributed by atoms with E-state index in [-0.39, 0.29) is 0 Å². The summed E-state index contributed by atoms with van der Waals surface area (Å²) in [5.41, 5.74) is 0. The Morgan fingerprint density at radius 2 is 1.56 bits per heavy atom. The molecule has 16 heavy (non-hydrogen) atoms. The summed E-state index contributed by atoms with van der Waals surface area (Å²) in [5, 5.41) is 0. The molecule has 2 heterocycles. The Bertz CT molecular complexity index is 199. The zero-order valence-electron chi connectivity index (χ0n) is 11.3. The van der Waals surface area contributed by atoms with Gasteiger partial charge < -0.3 is 4.90 Å². The van der Waals surface area contributed by atoms with Crippen LogP contribution in [0.5, 0.6) is 0 Å². The van der Waals surface area contributed by atoms with Crippen molar-refractivity contribution in [2.24, 2.45) is 11.8 Å². The molecule has 0 aromatic rings. The first-order valence-corrected chi connectivity index (χ1v) is 7.15. The van der Waals surface area contributed by atoms with Gasteiger partial charge in [0.1, 0.15) is 0 Å². The number of piperidine rings is 2. The molecule has 2 atom stereocenters. The Hall–Kier alpha value is -0.0800. The topological polar surface area (TPSA) is 6.48 Å². The molecule has 0 aliphatic carbocycles. The minimum Gasteiger partial charge on any atom is -0.303 e. The number of hydrogen-bond donors (Lipinski definition) is 0. The van der Waals surface area contributed by atoms with Crippen molar-refractivity contribution in [3.05, 3.63) is 0 Å². The van der Waals surface area contributed by atoms with Crippen LogP contribution in [0.15, 0.2) is 0 Å². The Labute approximate surface area is 101 Å². The summed E-state index contributed by atoms with van der Waals surface area (Å²) in [7, 11) is 0. The molecule has 94 valence electrons. The summed E-state index contributed by atoms with van der Waals surface area (Å²) >= 11 is 0. The number of nitrogens with zero attached hydrogens (tertiary/aromatic N) is 2. The molecule has 2 fully saturated rings. The number of rotatable bonds is 2. The summed E-state index contributed by atoms with van der Waals surface area (Å²) in [6.07, 6.45) is 4.23. The van der Waals surface area contributed by atoms with Crippen LogP contribution in [0.4, 0.5) is 0 Å². The average molecular weight is 224 g/mol. The first-order chi connectivity index (χ1) is 7.69. The highest BCUT2D eigenvalue weighted by Gasteiger charge is 2.29. The van der Waals surface area contributed by atoms with E-state index in [0.717, 1.165) is 17.9 Å². The largest absolute Gasteiger partial charge is 0.303 e. The minimum absolute atomic E-state index is 0.882. The summed E-state index contributed by atoms with van der Waals surface area (Å²) in [6, 6.07) is 0.882. The third-order valence-electron chi connectivity index (χ3n) is 4.42. The highest BCUT2D eigenvalue weighted by Crippen LogP contribution is 2.26.